The summed E-state index contributed by atoms with van der Waals surface area (Å²) < 4.78 is 9.58. The molecule has 2 unspecified atom stereocenters. The summed E-state index contributed by atoms with van der Waals surface area (Å²) in [5.41, 5.74) is 0.247. The van der Waals surface area contributed by atoms with Crippen molar-refractivity contribution in [1.29, 1.82) is 0 Å². The van der Waals surface area contributed by atoms with Crippen molar-refractivity contribution < 1.29 is 23.9 Å². The van der Waals surface area contributed by atoms with Gasteiger partial charge in [0, 0.05) is 5.02 Å². The lowest BCUT2D eigenvalue weighted by atomic mass is 9.99. The Morgan fingerprint density at radius 3 is 2.57 bits per heavy atom. The molecule has 1 N–H and O–H groups in total. The van der Waals surface area contributed by atoms with Gasteiger partial charge in [0.2, 0.25) is 0 Å². The van der Waals surface area contributed by atoms with Crippen LogP contribution in [0.4, 0.5) is 0 Å². The van der Waals surface area contributed by atoms with E-state index in [0.29, 0.717) is 11.4 Å². The first kappa shape index (κ1) is 19.0. The molecule has 0 aliphatic carbocycles. The molecule has 0 fully saturated rings. The molecule has 126 valence electrons. The Morgan fingerprint density at radius 2 is 2.00 bits per heavy atom. The third kappa shape index (κ3) is 5.90. The molecule has 1 aromatic carbocycles. The zero-order chi connectivity index (χ0) is 17.4. The van der Waals surface area contributed by atoms with E-state index in [2.05, 4.69) is 10.1 Å². The summed E-state index contributed by atoms with van der Waals surface area (Å²) in [5.74, 6) is -1.87. The summed E-state index contributed by atoms with van der Waals surface area (Å²) in [6, 6.07) is 5.43. The topological polar surface area (TPSA) is 81.7 Å². The molecule has 0 aromatic heterocycles. The molecule has 0 aliphatic rings. The number of rotatable bonds is 7. The highest BCUT2D eigenvalue weighted by molar-refractivity contribution is 6.30. The van der Waals surface area contributed by atoms with Crippen molar-refractivity contribution in [3.63, 3.8) is 0 Å². The van der Waals surface area contributed by atoms with Crippen molar-refractivity contribution in [1.82, 2.24) is 5.32 Å². The molecule has 23 heavy (non-hydrogen) atoms. The fourth-order valence-corrected chi connectivity index (χ4v) is 2.03. The van der Waals surface area contributed by atoms with E-state index in [9.17, 15) is 14.4 Å². The number of carbonyl (C=O) groups is 3. The van der Waals surface area contributed by atoms with Crippen LogP contribution in [0.15, 0.2) is 24.3 Å². The van der Waals surface area contributed by atoms with Gasteiger partial charge >= 0.3 is 11.9 Å². The standard InChI is InChI=1S/C16H20ClNO5/c1-4-10(2)14(16(21)22-3)18-13(19)9-23-15(20)11-6-5-7-12(17)8-11/h5-8,10,14H,4,9H2,1-3H3,(H,18,19). The van der Waals surface area contributed by atoms with Crippen LogP contribution in [-0.2, 0) is 19.1 Å². The second-order valence-electron chi connectivity index (χ2n) is 5.04. The van der Waals surface area contributed by atoms with Crippen LogP contribution in [0, 0.1) is 5.92 Å². The number of methoxy groups -OCH3 is 1. The number of carbonyl (C=O) groups excluding carboxylic acids is 3. The van der Waals surface area contributed by atoms with E-state index < -0.39 is 30.5 Å². The summed E-state index contributed by atoms with van der Waals surface area (Å²) in [6.07, 6.45) is 0.683. The van der Waals surface area contributed by atoms with Crippen LogP contribution in [0.25, 0.3) is 0 Å². The van der Waals surface area contributed by atoms with Crippen LogP contribution in [0.2, 0.25) is 5.02 Å². The van der Waals surface area contributed by atoms with Crippen LogP contribution >= 0.6 is 11.6 Å². The van der Waals surface area contributed by atoms with Gasteiger partial charge in [0.25, 0.3) is 5.91 Å². The summed E-state index contributed by atoms with van der Waals surface area (Å²) in [7, 11) is 1.25. The normalized spacial score (nSPS) is 12.9. The molecular weight excluding hydrogens is 322 g/mol. The van der Waals surface area contributed by atoms with Gasteiger partial charge in [0.05, 0.1) is 12.7 Å². The van der Waals surface area contributed by atoms with Gasteiger partial charge in [-0.2, -0.15) is 0 Å². The van der Waals surface area contributed by atoms with Crippen molar-refractivity contribution in [3.8, 4) is 0 Å². The third-order valence-corrected chi connectivity index (χ3v) is 3.61. The van der Waals surface area contributed by atoms with Gasteiger partial charge < -0.3 is 14.8 Å². The predicted molar refractivity (Wildman–Crippen MR) is 85.1 cm³/mol. The van der Waals surface area contributed by atoms with Crippen LogP contribution in [0.5, 0.6) is 0 Å². The fourth-order valence-electron chi connectivity index (χ4n) is 1.84. The molecular formula is C16H20ClNO5. The van der Waals surface area contributed by atoms with E-state index in [1.807, 2.05) is 13.8 Å². The maximum absolute atomic E-state index is 11.9. The monoisotopic (exact) mass is 341 g/mol. The van der Waals surface area contributed by atoms with Crippen LogP contribution in [0.3, 0.4) is 0 Å². The van der Waals surface area contributed by atoms with Crippen LogP contribution < -0.4 is 5.32 Å². The smallest absolute Gasteiger partial charge is 0.338 e. The minimum atomic E-state index is -0.776. The van der Waals surface area contributed by atoms with Gasteiger partial charge in [-0.15, -0.1) is 0 Å². The van der Waals surface area contributed by atoms with Gasteiger partial charge in [0.1, 0.15) is 6.04 Å². The molecule has 1 aromatic rings. The Labute approximate surface area is 140 Å². The third-order valence-electron chi connectivity index (χ3n) is 3.38. The highest BCUT2D eigenvalue weighted by Gasteiger charge is 2.27. The summed E-state index contributed by atoms with van der Waals surface area (Å²) in [4.78, 5) is 35.4. The molecule has 0 spiro atoms. The van der Waals surface area contributed by atoms with Gasteiger partial charge in [-0.1, -0.05) is 37.9 Å². The lowest BCUT2D eigenvalue weighted by molar-refractivity contribution is -0.147. The summed E-state index contributed by atoms with van der Waals surface area (Å²) in [5, 5.41) is 2.91. The Kier molecular flexibility index (Phi) is 7.54. The van der Waals surface area contributed by atoms with Crippen molar-refractivity contribution >= 4 is 29.4 Å². The quantitative estimate of drug-likeness (QED) is 0.769. The SMILES string of the molecule is CCC(C)C(NC(=O)COC(=O)c1cccc(Cl)c1)C(=O)OC. The van der Waals surface area contributed by atoms with E-state index in [-0.39, 0.29) is 11.5 Å². The van der Waals surface area contributed by atoms with Gasteiger partial charge in [-0.3, -0.25) is 4.79 Å². The molecule has 2 atom stereocenters. The van der Waals surface area contributed by atoms with Crippen molar-refractivity contribution in [2.45, 2.75) is 26.3 Å². The number of esters is 2. The lowest BCUT2D eigenvalue weighted by Gasteiger charge is -2.21. The first-order chi connectivity index (χ1) is 10.9. The largest absolute Gasteiger partial charge is 0.467 e. The minimum absolute atomic E-state index is 0.102. The number of benzene rings is 1. The van der Waals surface area contributed by atoms with E-state index in [1.165, 1.54) is 19.2 Å². The Bertz CT molecular complexity index is 575. The average molecular weight is 342 g/mol. The maximum Gasteiger partial charge on any atom is 0.338 e. The molecule has 0 heterocycles. The molecule has 0 aliphatic heterocycles. The minimum Gasteiger partial charge on any atom is -0.467 e. The number of hydrogen-bond donors (Lipinski definition) is 1. The maximum atomic E-state index is 11.9. The molecule has 7 heteroatoms. The number of hydrogen-bond acceptors (Lipinski definition) is 5. The second-order valence-corrected chi connectivity index (χ2v) is 5.48. The number of nitrogens with one attached hydrogen (secondary N) is 1. The molecule has 0 bridgehead atoms. The first-order valence-corrected chi connectivity index (χ1v) is 7.56. The summed E-state index contributed by atoms with van der Waals surface area (Å²) >= 11 is 5.78. The van der Waals surface area contributed by atoms with Crippen LogP contribution in [-0.4, -0.2) is 37.6 Å². The van der Waals surface area contributed by atoms with Crippen molar-refractivity contribution in [3.05, 3.63) is 34.9 Å². The lowest BCUT2D eigenvalue weighted by Crippen LogP contribution is -2.47. The van der Waals surface area contributed by atoms with Crippen LogP contribution in [0.1, 0.15) is 30.6 Å². The predicted octanol–water partition coefficient (Wildman–Crippen LogP) is 2.20. The zero-order valence-electron chi connectivity index (χ0n) is 13.3. The Balaban J connectivity index is 2.58. The van der Waals surface area contributed by atoms with Gasteiger partial charge in [0.15, 0.2) is 6.61 Å². The molecule has 6 nitrogen and oxygen atoms in total. The van der Waals surface area contributed by atoms with Gasteiger partial charge in [-0.05, 0) is 24.1 Å². The van der Waals surface area contributed by atoms with E-state index in [1.54, 1.807) is 12.1 Å². The average Bonchev–Trinajstić information content (AvgIpc) is 2.56. The Hall–Kier alpha value is -2.08. The number of ether oxygens (including phenoxy) is 2. The first-order valence-electron chi connectivity index (χ1n) is 7.18. The second kappa shape index (κ2) is 9.15. The van der Waals surface area contributed by atoms with E-state index in [0.717, 1.165) is 0 Å². The summed E-state index contributed by atoms with van der Waals surface area (Å²) in [6.45, 7) is 3.22. The van der Waals surface area contributed by atoms with E-state index in [4.69, 9.17) is 16.3 Å². The molecule has 0 radical (unpaired) electrons. The molecule has 1 amide bonds. The van der Waals surface area contributed by atoms with Gasteiger partial charge in [-0.25, -0.2) is 9.59 Å². The zero-order valence-corrected chi connectivity index (χ0v) is 14.1. The number of halogens is 1. The van der Waals surface area contributed by atoms with Crippen molar-refractivity contribution in [2.24, 2.45) is 5.92 Å². The number of amides is 1. The molecule has 0 saturated heterocycles. The Morgan fingerprint density at radius 1 is 1.30 bits per heavy atom. The fraction of sp³-hybridized carbons (Fsp3) is 0.438. The molecule has 0 saturated carbocycles. The van der Waals surface area contributed by atoms with E-state index >= 15 is 0 Å². The highest BCUT2D eigenvalue weighted by Crippen LogP contribution is 2.12. The molecule has 1 rings (SSSR count). The van der Waals surface area contributed by atoms with Crippen molar-refractivity contribution in [2.75, 3.05) is 13.7 Å². The highest BCUT2D eigenvalue weighted by atomic mass is 35.5.